The van der Waals surface area contributed by atoms with E-state index in [4.69, 9.17) is 9.26 Å². The van der Waals surface area contributed by atoms with E-state index in [1.807, 2.05) is 0 Å². The Kier molecular flexibility index (Phi) is 2.62. The predicted molar refractivity (Wildman–Crippen MR) is 49.8 cm³/mol. The maximum atomic E-state index is 13.1. The Morgan fingerprint density at radius 1 is 1.40 bits per heavy atom. The van der Waals surface area contributed by atoms with E-state index < -0.39 is 5.82 Å². The van der Waals surface area contributed by atoms with Gasteiger partial charge in [0.1, 0.15) is 0 Å². The van der Waals surface area contributed by atoms with Crippen LogP contribution in [0.15, 0.2) is 28.8 Å². The molecule has 0 N–H and O–H groups in total. The van der Waals surface area contributed by atoms with Gasteiger partial charge in [-0.25, -0.2) is 4.39 Å². The zero-order valence-electron chi connectivity index (χ0n) is 8.11. The first-order valence-electron chi connectivity index (χ1n) is 4.42. The summed E-state index contributed by atoms with van der Waals surface area (Å²) in [6.45, 7) is 1.78. The Labute approximate surface area is 85.7 Å². The van der Waals surface area contributed by atoms with Crippen molar-refractivity contribution in [2.75, 3.05) is 0 Å². The number of aryl methyl sites for hydroxylation is 1. The van der Waals surface area contributed by atoms with E-state index in [1.54, 1.807) is 25.1 Å². The molecule has 0 unspecified atom stereocenters. The summed E-state index contributed by atoms with van der Waals surface area (Å²) < 4.78 is 23.1. The SMILES string of the molecule is Cc1noc(COc2ccccc2F)n1. The van der Waals surface area contributed by atoms with E-state index in [0.717, 1.165) is 0 Å². The van der Waals surface area contributed by atoms with Gasteiger partial charge in [-0.05, 0) is 19.1 Å². The van der Waals surface area contributed by atoms with Crippen LogP contribution in [0, 0.1) is 12.7 Å². The lowest BCUT2D eigenvalue weighted by Crippen LogP contribution is -1.97. The summed E-state index contributed by atoms with van der Waals surface area (Å²) in [6, 6.07) is 6.16. The molecule has 0 fully saturated rings. The molecule has 0 saturated carbocycles. The van der Waals surface area contributed by atoms with Crippen LogP contribution in [0.3, 0.4) is 0 Å². The minimum Gasteiger partial charge on any atom is -0.481 e. The van der Waals surface area contributed by atoms with Gasteiger partial charge in [0.15, 0.2) is 24.0 Å². The maximum Gasteiger partial charge on any atom is 0.264 e. The number of rotatable bonds is 3. The fourth-order valence-corrected chi connectivity index (χ4v) is 1.10. The van der Waals surface area contributed by atoms with Crippen molar-refractivity contribution in [2.45, 2.75) is 13.5 Å². The second-order valence-corrected chi connectivity index (χ2v) is 2.95. The fraction of sp³-hybridized carbons (Fsp3) is 0.200. The molecular formula is C10H9FN2O2. The van der Waals surface area contributed by atoms with E-state index in [2.05, 4.69) is 10.1 Å². The minimum absolute atomic E-state index is 0.0712. The monoisotopic (exact) mass is 208 g/mol. The first-order valence-corrected chi connectivity index (χ1v) is 4.42. The largest absolute Gasteiger partial charge is 0.481 e. The summed E-state index contributed by atoms with van der Waals surface area (Å²) >= 11 is 0. The molecule has 1 aromatic carbocycles. The first kappa shape index (κ1) is 9.64. The van der Waals surface area contributed by atoms with Gasteiger partial charge in [-0.2, -0.15) is 4.98 Å². The third-order valence-electron chi connectivity index (χ3n) is 1.76. The van der Waals surface area contributed by atoms with Crippen molar-refractivity contribution in [2.24, 2.45) is 0 Å². The lowest BCUT2D eigenvalue weighted by Gasteiger charge is -2.02. The van der Waals surface area contributed by atoms with Crippen molar-refractivity contribution in [1.82, 2.24) is 10.1 Å². The quantitative estimate of drug-likeness (QED) is 0.774. The van der Waals surface area contributed by atoms with Gasteiger partial charge in [0.05, 0.1) is 0 Å². The van der Waals surface area contributed by atoms with Gasteiger partial charge >= 0.3 is 0 Å². The number of benzene rings is 1. The molecule has 0 radical (unpaired) electrons. The summed E-state index contributed by atoms with van der Waals surface area (Å²) in [4.78, 5) is 3.93. The molecule has 15 heavy (non-hydrogen) atoms. The lowest BCUT2D eigenvalue weighted by molar-refractivity contribution is 0.234. The Hall–Kier alpha value is -1.91. The Bertz CT molecular complexity index is 456. The summed E-state index contributed by atoms with van der Waals surface area (Å²) in [5, 5.41) is 3.59. The molecule has 0 bridgehead atoms. The number of hydrogen-bond acceptors (Lipinski definition) is 4. The summed E-state index contributed by atoms with van der Waals surface area (Å²) in [5.74, 6) is 0.625. The lowest BCUT2D eigenvalue weighted by atomic mass is 10.3. The molecule has 0 aliphatic heterocycles. The highest BCUT2D eigenvalue weighted by molar-refractivity contribution is 5.23. The van der Waals surface area contributed by atoms with Crippen molar-refractivity contribution >= 4 is 0 Å². The van der Waals surface area contributed by atoms with Gasteiger partial charge < -0.3 is 9.26 Å². The van der Waals surface area contributed by atoms with Gasteiger partial charge in [0.25, 0.3) is 5.89 Å². The molecule has 2 aromatic rings. The van der Waals surface area contributed by atoms with Crippen LogP contribution in [0.4, 0.5) is 4.39 Å². The van der Waals surface area contributed by atoms with Crippen LogP contribution in [0.5, 0.6) is 5.75 Å². The standard InChI is InChI=1S/C10H9FN2O2/c1-7-12-10(15-13-7)6-14-9-5-3-2-4-8(9)11/h2-5H,6H2,1H3. The van der Waals surface area contributed by atoms with Gasteiger partial charge in [-0.1, -0.05) is 17.3 Å². The number of aromatic nitrogens is 2. The predicted octanol–water partition coefficient (Wildman–Crippen LogP) is 2.10. The Balaban J connectivity index is 2.02. The molecular weight excluding hydrogens is 199 g/mol. The summed E-state index contributed by atoms with van der Waals surface area (Å²) in [7, 11) is 0. The molecule has 2 rings (SSSR count). The van der Waals surface area contributed by atoms with Crippen molar-refractivity contribution in [3.8, 4) is 5.75 Å². The highest BCUT2D eigenvalue weighted by atomic mass is 19.1. The zero-order valence-corrected chi connectivity index (χ0v) is 8.11. The van der Waals surface area contributed by atoms with Gasteiger partial charge in [0.2, 0.25) is 0 Å². The van der Waals surface area contributed by atoms with E-state index in [9.17, 15) is 4.39 Å². The molecule has 0 aliphatic rings. The molecule has 0 amide bonds. The molecule has 0 saturated heterocycles. The number of halogens is 1. The van der Waals surface area contributed by atoms with Gasteiger partial charge in [0, 0.05) is 0 Å². The van der Waals surface area contributed by atoms with Crippen LogP contribution in [0.1, 0.15) is 11.7 Å². The minimum atomic E-state index is -0.409. The van der Waals surface area contributed by atoms with E-state index in [0.29, 0.717) is 11.7 Å². The van der Waals surface area contributed by atoms with Crippen LogP contribution in [-0.4, -0.2) is 10.1 Å². The molecule has 0 aliphatic carbocycles. The van der Waals surface area contributed by atoms with Crippen molar-refractivity contribution in [3.63, 3.8) is 0 Å². The molecule has 78 valence electrons. The smallest absolute Gasteiger partial charge is 0.264 e. The van der Waals surface area contributed by atoms with E-state index in [-0.39, 0.29) is 12.4 Å². The molecule has 0 atom stereocenters. The summed E-state index contributed by atoms with van der Waals surface area (Å²) in [6.07, 6.45) is 0. The normalized spacial score (nSPS) is 10.3. The van der Waals surface area contributed by atoms with Crippen molar-refractivity contribution < 1.29 is 13.7 Å². The third-order valence-corrected chi connectivity index (χ3v) is 1.76. The fourth-order valence-electron chi connectivity index (χ4n) is 1.10. The number of para-hydroxylation sites is 1. The van der Waals surface area contributed by atoms with Crippen LogP contribution < -0.4 is 4.74 Å². The van der Waals surface area contributed by atoms with Crippen LogP contribution in [-0.2, 0) is 6.61 Å². The Morgan fingerprint density at radius 3 is 2.87 bits per heavy atom. The highest BCUT2D eigenvalue weighted by Gasteiger charge is 2.06. The average Bonchev–Trinajstić information content (AvgIpc) is 2.63. The number of nitrogens with zero attached hydrogens (tertiary/aromatic N) is 2. The zero-order chi connectivity index (χ0) is 10.7. The number of hydrogen-bond donors (Lipinski definition) is 0. The maximum absolute atomic E-state index is 13.1. The van der Waals surface area contributed by atoms with Crippen LogP contribution >= 0.6 is 0 Å². The first-order chi connectivity index (χ1) is 7.25. The van der Waals surface area contributed by atoms with E-state index in [1.165, 1.54) is 6.07 Å². The molecule has 1 heterocycles. The van der Waals surface area contributed by atoms with Crippen molar-refractivity contribution in [3.05, 3.63) is 41.8 Å². The Morgan fingerprint density at radius 2 is 2.20 bits per heavy atom. The van der Waals surface area contributed by atoms with Crippen molar-refractivity contribution in [1.29, 1.82) is 0 Å². The van der Waals surface area contributed by atoms with Gasteiger partial charge in [-0.3, -0.25) is 0 Å². The average molecular weight is 208 g/mol. The highest BCUT2D eigenvalue weighted by Crippen LogP contribution is 2.16. The van der Waals surface area contributed by atoms with Crippen LogP contribution in [0.25, 0.3) is 0 Å². The van der Waals surface area contributed by atoms with E-state index >= 15 is 0 Å². The molecule has 4 nitrogen and oxygen atoms in total. The second kappa shape index (κ2) is 4.08. The molecule has 5 heteroatoms. The number of ether oxygens (including phenoxy) is 1. The van der Waals surface area contributed by atoms with Gasteiger partial charge in [-0.15, -0.1) is 0 Å². The molecule has 0 spiro atoms. The van der Waals surface area contributed by atoms with Crippen LogP contribution in [0.2, 0.25) is 0 Å². The topological polar surface area (TPSA) is 48.2 Å². The second-order valence-electron chi connectivity index (χ2n) is 2.95. The third kappa shape index (κ3) is 2.31. The summed E-state index contributed by atoms with van der Waals surface area (Å²) in [5.41, 5.74) is 0. The molecule has 1 aromatic heterocycles.